The summed E-state index contributed by atoms with van der Waals surface area (Å²) in [5.41, 5.74) is 0.515. The lowest BCUT2D eigenvalue weighted by molar-refractivity contribution is -0.137. The van der Waals surface area contributed by atoms with E-state index in [-0.39, 0.29) is 22.5 Å². The van der Waals surface area contributed by atoms with Gasteiger partial charge in [0.1, 0.15) is 5.52 Å². The second-order valence-corrected chi connectivity index (χ2v) is 7.13. The Morgan fingerprint density at radius 1 is 0.971 bits per heavy atom. The molecule has 34 heavy (non-hydrogen) atoms. The maximum Gasteiger partial charge on any atom is 0.416 e. The first-order chi connectivity index (χ1) is 16.2. The van der Waals surface area contributed by atoms with E-state index in [0.717, 1.165) is 23.9 Å². The molecule has 0 radical (unpaired) electrons. The Hall–Kier alpha value is -4.02. The minimum Gasteiger partial charge on any atom is -0.493 e. The van der Waals surface area contributed by atoms with Crippen LogP contribution in [0.25, 0.3) is 10.9 Å². The number of para-hydroxylation sites is 1. The van der Waals surface area contributed by atoms with Crippen LogP contribution in [0.1, 0.15) is 11.1 Å². The standard InChI is InChI=1S/C23H17F5N4O2/c1-33-18-11-13(5-6-17(18)34-19-12-14(8-10-30-19)23(26,27)28)7-9-29-16-4-2-3-15-20(16)31-22(25)32-21(15)24/h2-6,8,10-12,29H,7,9H2,1H3. The largest absolute Gasteiger partial charge is 0.493 e. The van der Waals surface area contributed by atoms with Crippen LogP contribution in [-0.2, 0) is 12.6 Å². The topological polar surface area (TPSA) is 69.2 Å². The highest BCUT2D eigenvalue weighted by atomic mass is 19.4. The number of anilines is 1. The molecule has 0 aliphatic carbocycles. The van der Waals surface area contributed by atoms with Crippen molar-refractivity contribution in [1.82, 2.24) is 15.0 Å². The fourth-order valence-electron chi connectivity index (χ4n) is 3.28. The van der Waals surface area contributed by atoms with E-state index < -0.39 is 23.8 Å². The summed E-state index contributed by atoms with van der Waals surface area (Å²) in [6, 6.07) is 11.3. The number of ether oxygens (including phenoxy) is 2. The fraction of sp³-hybridized carbons (Fsp3) is 0.174. The smallest absolute Gasteiger partial charge is 0.416 e. The van der Waals surface area contributed by atoms with Gasteiger partial charge in [0.05, 0.1) is 23.7 Å². The molecule has 0 unspecified atom stereocenters. The van der Waals surface area contributed by atoms with Crippen molar-refractivity contribution >= 4 is 16.6 Å². The van der Waals surface area contributed by atoms with Crippen LogP contribution in [0.3, 0.4) is 0 Å². The van der Waals surface area contributed by atoms with Crippen molar-refractivity contribution in [3.8, 4) is 17.4 Å². The lowest BCUT2D eigenvalue weighted by atomic mass is 10.1. The molecule has 4 aromatic rings. The number of nitrogens with one attached hydrogen (secondary N) is 1. The van der Waals surface area contributed by atoms with Gasteiger partial charge in [-0.1, -0.05) is 12.1 Å². The summed E-state index contributed by atoms with van der Waals surface area (Å²) in [6.45, 7) is 0.394. The number of alkyl halides is 3. The van der Waals surface area contributed by atoms with Crippen molar-refractivity contribution in [2.45, 2.75) is 12.6 Å². The monoisotopic (exact) mass is 476 g/mol. The normalized spacial score (nSPS) is 11.5. The van der Waals surface area contributed by atoms with Gasteiger partial charge in [-0.2, -0.15) is 31.9 Å². The number of benzene rings is 2. The maximum atomic E-state index is 13.9. The molecule has 0 aliphatic rings. The van der Waals surface area contributed by atoms with E-state index >= 15 is 0 Å². The number of aromatic nitrogens is 3. The maximum absolute atomic E-state index is 13.9. The first-order valence-electron chi connectivity index (χ1n) is 9.98. The average Bonchev–Trinajstić information content (AvgIpc) is 2.80. The molecule has 4 rings (SSSR count). The molecule has 11 heteroatoms. The van der Waals surface area contributed by atoms with Crippen molar-refractivity contribution in [3.05, 3.63) is 77.9 Å². The highest BCUT2D eigenvalue weighted by Crippen LogP contribution is 2.35. The van der Waals surface area contributed by atoms with Gasteiger partial charge < -0.3 is 14.8 Å². The molecule has 0 fully saturated rings. The fourth-order valence-corrected chi connectivity index (χ4v) is 3.28. The van der Waals surface area contributed by atoms with E-state index in [1.165, 1.54) is 13.2 Å². The number of halogens is 5. The van der Waals surface area contributed by atoms with E-state index in [1.54, 1.807) is 30.3 Å². The number of rotatable bonds is 7. The molecule has 1 N–H and O–H groups in total. The van der Waals surface area contributed by atoms with Gasteiger partial charge in [0.2, 0.25) is 11.8 Å². The molecule has 0 atom stereocenters. The van der Waals surface area contributed by atoms with Crippen LogP contribution < -0.4 is 14.8 Å². The first kappa shape index (κ1) is 23.1. The van der Waals surface area contributed by atoms with E-state index in [0.29, 0.717) is 24.4 Å². The van der Waals surface area contributed by atoms with Gasteiger partial charge in [-0.15, -0.1) is 0 Å². The summed E-state index contributed by atoms with van der Waals surface area (Å²) in [6.07, 6.45) is -4.17. The summed E-state index contributed by atoms with van der Waals surface area (Å²) in [5.74, 6) is -0.664. The molecule has 0 aliphatic heterocycles. The molecule has 176 valence electrons. The molecule has 2 aromatic carbocycles. The predicted molar refractivity (Wildman–Crippen MR) is 114 cm³/mol. The van der Waals surface area contributed by atoms with Gasteiger partial charge in [0.25, 0.3) is 0 Å². The van der Waals surface area contributed by atoms with Crippen LogP contribution in [0.15, 0.2) is 54.7 Å². The molecule has 6 nitrogen and oxygen atoms in total. The zero-order valence-corrected chi connectivity index (χ0v) is 17.7. The molecule has 0 saturated carbocycles. The van der Waals surface area contributed by atoms with Crippen LogP contribution in [0.2, 0.25) is 0 Å². The first-order valence-corrected chi connectivity index (χ1v) is 9.98. The Morgan fingerprint density at radius 3 is 2.56 bits per heavy atom. The summed E-state index contributed by atoms with van der Waals surface area (Å²) >= 11 is 0. The number of methoxy groups -OCH3 is 1. The number of hydrogen-bond donors (Lipinski definition) is 1. The zero-order chi connectivity index (χ0) is 24.3. The Kier molecular flexibility index (Phi) is 6.44. The quantitative estimate of drug-likeness (QED) is 0.207. The van der Waals surface area contributed by atoms with Crippen molar-refractivity contribution in [3.63, 3.8) is 0 Å². The Labute approximate surface area is 190 Å². The molecule has 0 spiro atoms. The van der Waals surface area contributed by atoms with Crippen LogP contribution >= 0.6 is 0 Å². The summed E-state index contributed by atoms with van der Waals surface area (Å²) in [7, 11) is 1.41. The number of pyridine rings is 1. The molecule has 2 aromatic heterocycles. The lowest BCUT2D eigenvalue weighted by Crippen LogP contribution is -2.07. The third kappa shape index (κ3) is 5.13. The minimum absolute atomic E-state index is 0.0952. The molecule has 0 bridgehead atoms. The van der Waals surface area contributed by atoms with Crippen LogP contribution in [0.4, 0.5) is 27.6 Å². The summed E-state index contributed by atoms with van der Waals surface area (Å²) in [4.78, 5) is 10.6. The predicted octanol–water partition coefficient (Wildman–Crippen LogP) is 5.78. The highest BCUT2D eigenvalue weighted by Gasteiger charge is 2.31. The van der Waals surface area contributed by atoms with Gasteiger partial charge in [-0.25, -0.2) is 4.98 Å². The average molecular weight is 476 g/mol. The molecular formula is C23H17F5N4O2. The van der Waals surface area contributed by atoms with Gasteiger partial charge in [0.15, 0.2) is 11.5 Å². The van der Waals surface area contributed by atoms with Crippen LogP contribution in [0, 0.1) is 12.0 Å². The number of nitrogens with zero attached hydrogens (tertiary/aromatic N) is 3. The number of fused-ring (bicyclic) bond motifs is 1. The van der Waals surface area contributed by atoms with Crippen molar-refractivity contribution < 1.29 is 31.4 Å². The van der Waals surface area contributed by atoms with E-state index in [4.69, 9.17) is 9.47 Å². The van der Waals surface area contributed by atoms with Gasteiger partial charge in [0, 0.05) is 18.8 Å². The Bertz CT molecular complexity index is 1330. The molecule has 0 saturated heterocycles. The van der Waals surface area contributed by atoms with E-state index in [9.17, 15) is 22.0 Å². The van der Waals surface area contributed by atoms with E-state index in [1.807, 2.05) is 0 Å². The summed E-state index contributed by atoms with van der Waals surface area (Å²) in [5, 5.41) is 3.19. The van der Waals surface area contributed by atoms with E-state index in [2.05, 4.69) is 20.3 Å². The van der Waals surface area contributed by atoms with Gasteiger partial charge in [-0.3, -0.25) is 0 Å². The molecule has 0 amide bonds. The Balaban J connectivity index is 1.46. The molecular weight excluding hydrogens is 459 g/mol. The number of hydrogen-bond acceptors (Lipinski definition) is 6. The highest BCUT2D eigenvalue weighted by molar-refractivity contribution is 5.90. The van der Waals surface area contributed by atoms with Crippen LogP contribution in [0.5, 0.6) is 17.4 Å². The van der Waals surface area contributed by atoms with Gasteiger partial charge >= 0.3 is 12.3 Å². The van der Waals surface area contributed by atoms with Crippen molar-refractivity contribution in [2.24, 2.45) is 0 Å². The minimum atomic E-state index is -4.52. The zero-order valence-electron chi connectivity index (χ0n) is 17.7. The lowest BCUT2D eigenvalue weighted by Gasteiger charge is -2.13. The second-order valence-electron chi connectivity index (χ2n) is 7.13. The van der Waals surface area contributed by atoms with Crippen molar-refractivity contribution in [2.75, 3.05) is 19.0 Å². The second kappa shape index (κ2) is 9.46. The van der Waals surface area contributed by atoms with Crippen molar-refractivity contribution in [1.29, 1.82) is 0 Å². The summed E-state index contributed by atoms with van der Waals surface area (Å²) < 4.78 is 76.9. The SMILES string of the molecule is COc1cc(CCNc2cccc3c(F)nc(F)nc23)ccc1Oc1cc(C(F)(F)F)ccn1. The third-order valence-corrected chi connectivity index (χ3v) is 4.89. The Morgan fingerprint density at radius 2 is 1.79 bits per heavy atom. The third-order valence-electron chi connectivity index (χ3n) is 4.89. The van der Waals surface area contributed by atoms with Crippen LogP contribution in [-0.4, -0.2) is 28.6 Å². The van der Waals surface area contributed by atoms with Gasteiger partial charge in [-0.05, 0) is 42.3 Å². The molecule has 2 heterocycles.